The SMILES string of the molecule is Cc1ccc2c(c1)c(=O)c(C(=O)N1CCOC[C@@H](CO)C1)cn2C. The Morgan fingerprint density at radius 3 is 2.96 bits per heavy atom. The minimum atomic E-state index is -0.303. The van der Waals surface area contributed by atoms with Gasteiger partial charge in [-0.3, -0.25) is 9.59 Å². The number of hydrogen-bond acceptors (Lipinski definition) is 4. The van der Waals surface area contributed by atoms with E-state index in [0.717, 1.165) is 11.1 Å². The fourth-order valence-corrected chi connectivity index (χ4v) is 3.10. The maximum absolute atomic E-state index is 12.9. The molecule has 6 nitrogen and oxygen atoms in total. The molecule has 1 N–H and O–H groups in total. The standard InChI is InChI=1S/C18H22N2O4/c1-12-3-4-16-14(7-12)17(22)15(9-19(16)2)18(23)20-5-6-24-11-13(8-20)10-21/h3-4,7,9,13,21H,5-6,8,10-11H2,1-2H3/t13-/m1/s1. The minimum Gasteiger partial charge on any atom is -0.396 e. The molecule has 0 bridgehead atoms. The second kappa shape index (κ2) is 6.75. The van der Waals surface area contributed by atoms with Gasteiger partial charge in [-0.05, 0) is 19.1 Å². The molecule has 1 saturated heterocycles. The quantitative estimate of drug-likeness (QED) is 0.889. The predicted octanol–water partition coefficient (Wildman–Crippen LogP) is 0.928. The van der Waals surface area contributed by atoms with Gasteiger partial charge in [-0.15, -0.1) is 0 Å². The van der Waals surface area contributed by atoms with Crippen LogP contribution in [0.25, 0.3) is 10.9 Å². The summed E-state index contributed by atoms with van der Waals surface area (Å²) in [5, 5.41) is 9.92. The molecule has 1 aromatic heterocycles. The van der Waals surface area contributed by atoms with Crippen molar-refractivity contribution < 1.29 is 14.6 Å². The van der Waals surface area contributed by atoms with E-state index in [1.54, 1.807) is 15.7 Å². The number of amides is 1. The lowest BCUT2D eigenvalue weighted by molar-refractivity contribution is 0.0726. The molecule has 1 aliphatic heterocycles. The molecule has 0 unspecified atom stereocenters. The van der Waals surface area contributed by atoms with Gasteiger partial charge in [0.2, 0.25) is 5.43 Å². The molecule has 3 rings (SSSR count). The summed E-state index contributed by atoms with van der Waals surface area (Å²) in [6.07, 6.45) is 1.60. The van der Waals surface area contributed by atoms with Crippen molar-refractivity contribution in [1.82, 2.24) is 9.47 Å². The lowest BCUT2D eigenvalue weighted by Gasteiger charge is -2.23. The predicted molar refractivity (Wildman–Crippen MR) is 91.2 cm³/mol. The molecule has 6 heteroatoms. The molecule has 0 radical (unpaired) electrons. The molecule has 0 spiro atoms. The van der Waals surface area contributed by atoms with Gasteiger partial charge in [0, 0.05) is 44.2 Å². The van der Waals surface area contributed by atoms with Crippen LogP contribution in [-0.2, 0) is 11.8 Å². The van der Waals surface area contributed by atoms with E-state index in [-0.39, 0.29) is 29.4 Å². The molecule has 128 valence electrons. The van der Waals surface area contributed by atoms with Crippen LogP contribution in [0.5, 0.6) is 0 Å². The summed E-state index contributed by atoms with van der Waals surface area (Å²) in [6, 6.07) is 5.65. The fourth-order valence-electron chi connectivity index (χ4n) is 3.10. The summed E-state index contributed by atoms with van der Waals surface area (Å²) in [7, 11) is 1.83. The molecule has 1 fully saturated rings. The monoisotopic (exact) mass is 330 g/mol. The lowest BCUT2D eigenvalue weighted by Crippen LogP contribution is -2.39. The number of pyridine rings is 1. The van der Waals surface area contributed by atoms with Crippen LogP contribution in [0.4, 0.5) is 0 Å². The van der Waals surface area contributed by atoms with Gasteiger partial charge in [0.15, 0.2) is 0 Å². The van der Waals surface area contributed by atoms with Crippen molar-refractivity contribution in [3.63, 3.8) is 0 Å². The largest absolute Gasteiger partial charge is 0.396 e. The van der Waals surface area contributed by atoms with Crippen LogP contribution in [0.15, 0.2) is 29.2 Å². The third-order valence-corrected chi connectivity index (χ3v) is 4.46. The first-order chi connectivity index (χ1) is 11.5. The van der Waals surface area contributed by atoms with Crippen molar-refractivity contribution in [1.29, 1.82) is 0 Å². The Morgan fingerprint density at radius 1 is 1.42 bits per heavy atom. The number of aliphatic hydroxyl groups excluding tert-OH is 1. The highest BCUT2D eigenvalue weighted by Crippen LogP contribution is 2.15. The summed E-state index contributed by atoms with van der Waals surface area (Å²) in [5.74, 6) is -0.425. The number of ether oxygens (including phenoxy) is 1. The third kappa shape index (κ3) is 3.07. The first kappa shape index (κ1) is 16.7. The molecule has 2 aromatic rings. The number of aryl methyl sites for hydroxylation is 2. The number of carbonyl (C=O) groups excluding carboxylic acids is 1. The van der Waals surface area contributed by atoms with E-state index in [1.807, 2.05) is 32.2 Å². The number of hydrogen-bond donors (Lipinski definition) is 1. The number of carbonyl (C=O) groups is 1. The van der Waals surface area contributed by atoms with Crippen LogP contribution in [0.3, 0.4) is 0 Å². The maximum atomic E-state index is 12.9. The fraction of sp³-hybridized carbons (Fsp3) is 0.444. The molecule has 1 aliphatic rings. The molecular weight excluding hydrogens is 308 g/mol. The van der Waals surface area contributed by atoms with Crippen molar-refractivity contribution in [2.75, 3.05) is 32.9 Å². The topological polar surface area (TPSA) is 71.8 Å². The second-order valence-electron chi connectivity index (χ2n) is 6.38. The number of benzene rings is 1. The van der Waals surface area contributed by atoms with Crippen molar-refractivity contribution in [3.8, 4) is 0 Å². The lowest BCUT2D eigenvalue weighted by atomic mass is 10.1. The van der Waals surface area contributed by atoms with E-state index >= 15 is 0 Å². The third-order valence-electron chi connectivity index (χ3n) is 4.46. The van der Waals surface area contributed by atoms with Crippen molar-refractivity contribution in [2.24, 2.45) is 13.0 Å². The Balaban J connectivity index is 2.03. The maximum Gasteiger partial charge on any atom is 0.259 e. The first-order valence-corrected chi connectivity index (χ1v) is 8.09. The van der Waals surface area contributed by atoms with Gasteiger partial charge in [0.05, 0.1) is 18.7 Å². The molecule has 1 amide bonds. The normalized spacial score (nSPS) is 18.6. The molecule has 1 aromatic carbocycles. The van der Waals surface area contributed by atoms with Gasteiger partial charge in [0.1, 0.15) is 5.56 Å². The smallest absolute Gasteiger partial charge is 0.259 e. The Bertz CT molecular complexity index is 828. The van der Waals surface area contributed by atoms with E-state index in [0.29, 0.717) is 31.7 Å². The van der Waals surface area contributed by atoms with Crippen molar-refractivity contribution >= 4 is 16.8 Å². The molecule has 1 atom stereocenters. The van der Waals surface area contributed by atoms with Gasteiger partial charge in [-0.2, -0.15) is 0 Å². The molecule has 24 heavy (non-hydrogen) atoms. The Morgan fingerprint density at radius 2 is 2.21 bits per heavy atom. The van der Waals surface area contributed by atoms with E-state index in [4.69, 9.17) is 4.74 Å². The van der Waals surface area contributed by atoms with Gasteiger partial charge >= 0.3 is 0 Å². The van der Waals surface area contributed by atoms with Crippen LogP contribution >= 0.6 is 0 Å². The Kier molecular flexibility index (Phi) is 4.69. The van der Waals surface area contributed by atoms with Gasteiger partial charge in [-0.1, -0.05) is 11.6 Å². The zero-order valence-corrected chi connectivity index (χ0v) is 14.0. The number of fused-ring (bicyclic) bond motifs is 1. The van der Waals surface area contributed by atoms with E-state index in [2.05, 4.69) is 0 Å². The summed E-state index contributed by atoms with van der Waals surface area (Å²) < 4.78 is 7.22. The van der Waals surface area contributed by atoms with E-state index in [1.165, 1.54) is 0 Å². The number of aromatic nitrogens is 1. The highest BCUT2D eigenvalue weighted by Gasteiger charge is 2.25. The summed E-state index contributed by atoms with van der Waals surface area (Å²) in [6.45, 7) is 3.53. The second-order valence-corrected chi connectivity index (χ2v) is 6.38. The van der Waals surface area contributed by atoms with Crippen molar-refractivity contribution in [3.05, 3.63) is 45.7 Å². The molecule has 0 saturated carbocycles. The van der Waals surface area contributed by atoms with E-state index in [9.17, 15) is 14.7 Å². The molecule has 2 heterocycles. The highest BCUT2D eigenvalue weighted by molar-refractivity contribution is 5.97. The van der Waals surface area contributed by atoms with Crippen LogP contribution in [-0.4, -0.2) is 53.4 Å². The Hall–Kier alpha value is -2.18. The average Bonchev–Trinajstić information content (AvgIpc) is 2.83. The van der Waals surface area contributed by atoms with Crippen molar-refractivity contribution in [2.45, 2.75) is 6.92 Å². The van der Waals surface area contributed by atoms with Crippen LogP contribution in [0, 0.1) is 12.8 Å². The molecule has 0 aliphatic carbocycles. The van der Waals surface area contributed by atoms with Crippen LogP contribution in [0.2, 0.25) is 0 Å². The molecular formula is C18H22N2O4. The summed E-state index contributed by atoms with van der Waals surface area (Å²) in [5.41, 5.74) is 1.69. The van der Waals surface area contributed by atoms with Gasteiger partial charge in [-0.25, -0.2) is 0 Å². The van der Waals surface area contributed by atoms with Crippen LogP contribution in [0.1, 0.15) is 15.9 Å². The van der Waals surface area contributed by atoms with Crippen LogP contribution < -0.4 is 5.43 Å². The van der Waals surface area contributed by atoms with Gasteiger partial charge < -0.3 is 19.3 Å². The van der Waals surface area contributed by atoms with E-state index < -0.39 is 0 Å². The summed E-state index contributed by atoms with van der Waals surface area (Å²) >= 11 is 0. The zero-order chi connectivity index (χ0) is 17.3. The number of aliphatic hydroxyl groups is 1. The highest BCUT2D eigenvalue weighted by atomic mass is 16.5. The number of nitrogens with zero attached hydrogens (tertiary/aromatic N) is 2. The summed E-state index contributed by atoms with van der Waals surface area (Å²) in [4.78, 5) is 27.3. The number of rotatable bonds is 2. The van der Waals surface area contributed by atoms with Gasteiger partial charge in [0.25, 0.3) is 5.91 Å². The Labute approximate surface area is 140 Å². The first-order valence-electron chi connectivity index (χ1n) is 8.09. The average molecular weight is 330 g/mol. The zero-order valence-electron chi connectivity index (χ0n) is 14.0. The minimum absolute atomic E-state index is 0.0430.